The summed E-state index contributed by atoms with van der Waals surface area (Å²) < 4.78 is 0. The molecule has 0 saturated heterocycles. The number of rotatable bonds is 0. The van der Waals surface area contributed by atoms with E-state index in [1.165, 1.54) is 0 Å². The van der Waals surface area contributed by atoms with E-state index in [9.17, 15) is 0 Å². The summed E-state index contributed by atoms with van der Waals surface area (Å²) >= 11 is -3.13. The van der Waals surface area contributed by atoms with Gasteiger partial charge in [0.25, 0.3) is 0 Å². The van der Waals surface area contributed by atoms with Gasteiger partial charge in [0.05, 0.1) is 0 Å². The Balaban J connectivity index is 0. The molecule has 44 valence electrons. The zero-order valence-electron chi connectivity index (χ0n) is 2.24. The molecule has 0 radical (unpaired) electrons. The van der Waals surface area contributed by atoms with Crippen molar-refractivity contribution in [1.82, 2.24) is 0 Å². The molecule has 0 aliphatic carbocycles. The van der Waals surface area contributed by atoms with Gasteiger partial charge in [0.2, 0.25) is 0 Å². The Kier molecular flexibility index (Phi) is 7.91. The molecule has 0 spiro atoms. The molecule has 0 saturated carbocycles. The van der Waals surface area contributed by atoms with E-state index in [-0.39, 0.29) is 16.5 Å². The van der Waals surface area contributed by atoms with E-state index < -0.39 is 11.9 Å². The first-order valence-electron chi connectivity index (χ1n) is 0.617. The first-order chi connectivity index (χ1) is 2.00. The van der Waals surface area contributed by atoms with Gasteiger partial charge in [-0.25, -0.2) is 0 Å². The molecule has 0 amide bonds. The van der Waals surface area contributed by atoms with Crippen LogP contribution in [0.4, 0.5) is 0 Å². The van der Waals surface area contributed by atoms with Crippen LogP contribution in [0.1, 0.15) is 0 Å². The summed E-state index contributed by atoms with van der Waals surface area (Å²) in [5.74, 6) is 0. The molecule has 6 heteroatoms. The molecule has 0 unspecified atom stereocenters. The molecule has 0 rings (SSSR count). The molecule has 0 bridgehead atoms. The van der Waals surface area contributed by atoms with Crippen LogP contribution in [0.25, 0.3) is 0 Å². The van der Waals surface area contributed by atoms with E-state index in [4.69, 9.17) is 37.7 Å². The Bertz CT molecular complexity index is 23.0. The maximum absolute atomic E-state index is 5.02. The minimum atomic E-state index is -3.13. The largest absolute Gasteiger partial charge is 0 e. The van der Waals surface area contributed by atoms with Gasteiger partial charge >= 0.3 is 49.6 Å². The van der Waals surface area contributed by atoms with Gasteiger partial charge < -0.3 is 0 Å². The van der Waals surface area contributed by atoms with Crippen molar-refractivity contribution >= 4 is 37.7 Å². The van der Waals surface area contributed by atoms with Gasteiger partial charge in [0.1, 0.15) is 0 Å². The Hall–Kier alpha value is 2.34. The standard InChI is InChI=1S/4ClH.Mo.Ni/h4*1H;;/q;;;;+4;/p-4. The van der Waals surface area contributed by atoms with Crippen molar-refractivity contribution in [2.45, 2.75) is 0 Å². The van der Waals surface area contributed by atoms with E-state index in [2.05, 4.69) is 0 Å². The predicted octanol–water partition coefficient (Wildman–Crippen LogP) is 2.75. The molecule has 0 aromatic rings. The van der Waals surface area contributed by atoms with Crippen LogP contribution < -0.4 is 0 Å². The SMILES string of the molecule is [Cl][Mo]([Cl])([Cl])[Cl].[Ni]. The minimum absolute atomic E-state index is 0. The van der Waals surface area contributed by atoms with E-state index >= 15 is 0 Å². The zero-order valence-corrected chi connectivity index (χ0v) is 8.25. The summed E-state index contributed by atoms with van der Waals surface area (Å²) in [4.78, 5) is 0. The van der Waals surface area contributed by atoms with E-state index in [0.717, 1.165) is 0 Å². The molecule has 6 heavy (non-hydrogen) atoms. The fourth-order valence-electron chi connectivity index (χ4n) is 0. The fourth-order valence-corrected chi connectivity index (χ4v) is 0. The molecule has 0 nitrogen and oxygen atoms in total. The summed E-state index contributed by atoms with van der Waals surface area (Å²) in [7, 11) is 20.1. The Morgan fingerprint density at radius 3 is 0.833 bits per heavy atom. The monoisotopic (exact) mass is 296 g/mol. The quantitative estimate of drug-likeness (QED) is 0.603. The van der Waals surface area contributed by atoms with Crippen LogP contribution in [0.5, 0.6) is 0 Å². The molecule has 0 fully saturated rings. The Morgan fingerprint density at radius 1 is 0.833 bits per heavy atom. The van der Waals surface area contributed by atoms with Gasteiger partial charge in [0.15, 0.2) is 0 Å². The van der Waals surface area contributed by atoms with Gasteiger partial charge in [-0.2, -0.15) is 0 Å². The second-order valence-corrected chi connectivity index (χ2v) is 18.6. The van der Waals surface area contributed by atoms with Crippen molar-refractivity contribution in [3.05, 3.63) is 0 Å². The smallest absolute Gasteiger partial charge is 0 e. The van der Waals surface area contributed by atoms with Gasteiger partial charge in [0, 0.05) is 16.5 Å². The van der Waals surface area contributed by atoms with Crippen LogP contribution in [0.2, 0.25) is 0 Å². The van der Waals surface area contributed by atoms with Crippen molar-refractivity contribution in [2.24, 2.45) is 0 Å². The van der Waals surface area contributed by atoms with Gasteiger partial charge in [-0.05, 0) is 0 Å². The fraction of sp³-hybridized carbons (Fsp3) is 0. The minimum Gasteiger partial charge on any atom is 0 e. The van der Waals surface area contributed by atoms with Crippen LogP contribution in [-0.4, -0.2) is 0 Å². The first kappa shape index (κ1) is 11.2. The number of halogens is 4. The molecule has 0 aliphatic heterocycles. The third-order valence-corrected chi connectivity index (χ3v) is 0. The van der Waals surface area contributed by atoms with E-state index in [0.29, 0.717) is 0 Å². The van der Waals surface area contributed by atoms with Crippen molar-refractivity contribution < 1.29 is 28.4 Å². The summed E-state index contributed by atoms with van der Waals surface area (Å²) in [6.07, 6.45) is 0. The van der Waals surface area contributed by atoms with E-state index in [1.807, 2.05) is 0 Å². The molecule has 0 atom stereocenters. The molecular formula is Cl4MoNi. The Labute approximate surface area is 65.3 Å². The molecule has 0 aromatic heterocycles. The van der Waals surface area contributed by atoms with Crippen LogP contribution in [0.3, 0.4) is 0 Å². The van der Waals surface area contributed by atoms with Crippen molar-refractivity contribution in [2.75, 3.05) is 0 Å². The van der Waals surface area contributed by atoms with Gasteiger partial charge in [-0.15, -0.1) is 0 Å². The van der Waals surface area contributed by atoms with Crippen LogP contribution in [0.15, 0.2) is 0 Å². The maximum Gasteiger partial charge on any atom is 0 e. The third-order valence-electron chi connectivity index (χ3n) is 0. The average molecular weight is 296 g/mol. The Morgan fingerprint density at radius 2 is 0.833 bits per heavy atom. The second-order valence-electron chi connectivity index (χ2n) is 0.350. The topological polar surface area (TPSA) is 0 Å². The zero-order chi connectivity index (χ0) is 4.50. The van der Waals surface area contributed by atoms with Crippen molar-refractivity contribution in [1.29, 1.82) is 0 Å². The van der Waals surface area contributed by atoms with E-state index in [1.54, 1.807) is 0 Å². The van der Waals surface area contributed by atoms with Crippen molar-refractivity contribution in [3.63, 3.8) is 0 Å². The molecule has 0 N–H and O–H groups in total. The summed E-state index contributed by atoms with van der Waals surface area (Å²) in [6.45, 7) is 0. The normalized spacial score (nSPS) is 12.7. The third kappa shape index (κ3) is 33.0. The summed E-state index contributed by atoms with van der Waals surface area (Å²) in [5, 5.41) is 0. The van der Waals surface area contributed by atoms with Gasteiger partial charge in [-0.3, -0.25) is 0 Å². The predicted molar refractivity (Wildman–Crippen MR) is 23.4 cm³/mol. The number of hydrogen-bond donors (Lipinski definition) is 0. The molecule has 0 heterocycles. The number of hydrogen-bond acceptors (Lipinski definition) is 0. The van der Waals surface area contributed by atoms with Crippen molar-refractivity contribution in [3.8, 4) is 0 Å². The maximum atomic E-state index is 5.02. The molecule has 0 aliphatic rings. The summed E-state index contributed by atoms with van der Waals surface area (Å²) in [6, 6.07) is 0. The molecule has 0 aromatic carbocycles. The van der Waals surface area contributed by atoms with Crippen LogP contribution >= 0.6 is 37.7 Å². The van der Waals surface area contributed by atoms with Crippen LogP contribution in [0, 0.1) is 0 Å². The van der Waals surface area contributed by atoms with Gasteiger partial charge in [-0.1, -0.05) is 0 Å². The average Bonchev–Trinajstić information content (AvgIpc) is 0.722. The summed E-state index contributed by atoms with van der Waals surface area (Å²) in [5.41, 5.74) is 0. The molecular weight excluding hydrogens is 296 g/mol. The van der Waals surface area contributed by atoms with Crippen LogP contribution in [-0.2, 0) is 28.4 Å². The second kappa shape index (κ2) is 4.24. The first-order valence-corrected chi connectivity index (χ1v) is 11.0.